The molecule has 0 N–H and O–H groups in total. The van der Waals surface area contributed by atoms with E-state index < -0.39 is 15.6 Å². The van der Waals surface area contributed by atoms with E-state index in [1.807, 2.05) is 0 Å². The minimum atomic E-state index is -3.20. The molecular weight excluding hydrogens is 282 g/mol. The number of unbranched alkanes of at least 4 members (excludes halogenated alkanes) is 1. The summed E-state index contributed by atoms with van der Waals surface area (Å²) < 4.78 is 42.6. The average Bonchev–Trinajstić information content (AvgIpc) is 2.45. The molecule has 0 aromatic heterocycles. The van der Waals surface area contributed by atoms with Gasteiger partial charge in [0.25, 0.3) is 0 Å². The van der Waals surface area contributed by atoms with Crippen LogP contribution >= 0.6 is 0 Å². The van der Waals surface area contributed by atoms with E-state index in [1.165, 1.54) is 0 Å². The number of rotatable bonds is 6. The number of methoxy groups -OCH3 is 1. The lowest BCUT2D eigenvalue weighted by Crippen LogP contribution is -2.57. The molecule has 1 atom stereocenters. The molecule has 7 heteroatoms. The summed E-state index contributed by atoms with van der Waals surface area (Å²) >= 11 is 0. The van der Waals surface area contributed by atoms with E-state index >= 15 is 0 Å². The molecule has 0 aromatic carbocycles. The molecule has 0 aliphatic carbocycles. The SMILES string of the molecule is COCCCCS(=O)(=O)N1CCOC2(CCCOC2)C1. The first-order valence-electron chi connectivity index (χ1n) is 7.26. The van der Waals surface area contributed by atoms with Crippen molar-refractivity contribution < 1.29 is 22.6 Å². The highest BCUT2D eigenvalue weighted by Crippen LogP contribution is 2.28. The van der Waals surface area contributed by atoms with Gasteiger partial charge < -0.3 is 14.2 Å². The Morgan fingerprint density at radius 2 is 2.15 bits per heavy atom. The van der Waals surface area contributed by atoms with Gasteiger partial charge in [0.05, 0.1) is 19.0 Å². The lowest BCUT2D eigenvalue weighted by atomic mass is 9.95. The van der Waals surface area contributed by atoms with E-state index in [9.17, 15) is 8.42 Å². The van der Waals surface area contributed by atoms with Crippen LogP contribution in [0.1, 0.15) is 25.7 Å². The molecule has 0 radical (unpaired) electrons. The highest BCUT2D eigenvalue weighted by molar-refractivity contribution is 7.89. The zero-order chi connectivity index (χ0) is 14.5. The van der Waals surface area contributed by atoms with Gasteiger partial charge in [0.1, 0.15) is 5.60 Å². The molecule has 2 heterocycles. The molecule has 20 heavy (non-hydrogen) atoms. The van der Waals surface area contributed by atoms with Gasteiger partial charge in [0.2, 0.25) is 10.0 Å². The second-order valence-corrected chi connectivity index (χ2v) is 7.63. The average molecular weight is 307 g/mol. The summed E-state index contributed by atoms with van der Waals surface area (Å²) in [4.78, 5) is 0. The Hall–Kier alpha value is -0.210. The maximum Gasteiger partial charge on any atom is 0.214 e. The summed E-state index contributed by atoms with van der Waals surface area (Å²) in [5.74, 6) is 0.188. The second kappa shape index (κ2) is 7.17. The van der Waals surface area contributed by atoms with E-state index in [4.69, 9.17) is 14.2 Å². The standard InChI is InChI=1S/C13H25NO5S/c1-17-7-2-3-10-20(15,16)14-6-9-19-13(11-14)5-4-8-18-12-13/h2-12H2,1H3. The van der Waals surface area contributed by atoms with Gasteiger partial charge in [-0.15, -0.1) is 0 Å². The fourth-order valence-electron chi connectivity index (χ4n) is 2.77. The fraction of sp³-hybridized carbons (Fsp3) is 1.00. The summed E-state index contributed by atoms with van der Waals surface area (Å²) in [6, 6.07) is 0. The van der Waals surface area contributed by atoms with Crippen LogP contribution in [0, 0.1) is 0 Å². The first-order chi connectivity index (χ1) is 9.58. The predicted molar refractivity (Wildman–Crippen MR) is 75.2 cm³/mol. The molecule has 2 rings (SSSR count). The minimum absolute atomic E-state index is 0.188. The highest BCUT2D eigenvalue weighted by Gasteiger charge is 2.41. The Bertz CT molecular complexity index is 386. The lowest BCUT2D eigenvalue weighted by Gasteiger charge is -2.43. The molecule has 6 nitrogen and oxygen atoms in total. The van der Waals surface area contributed by atoms with Crippen molar-refractivity contribution in [2.24, 2.45) is 0 Å². The van der Waals surface area contributed by atoms with Crippen LogP contribution in [0.3, 0.4) is 0 Å². The molecule has 0 amide bonds. The number of morpholine rings is 1. The van der Waals surface area contributed by atoms with Crippen molar-refractivity contribution in [1.29, 1.82) is 0 Å². The Kier molecular flexibility index (Phi) is 5.80. The van der Waals surface area contributed by atoms with E-state index in [0.29, 0.717) is 39.3 Å². The van der Waals surface area contributed by atoms with Crippen LogP contribution in [-0.4, -0.2) is 70.7 Å². The van der Waals surface area contributed by atoms with Gasteiger partial charge >= 0.3 is 0 Å². The molecule has 1 unspecified atom stereocenters. The number of sulfonamides is 1. The van der Waals surface area contributed by atoms with Gasteiger partial charge in [-0.1, -0.05) is 0 Å². The third-order valence-corrected chi connectivity index (χ3v) is 5.80. The molecular formula is C13H25NO5S. The van der Waals surface area contributed by atoms with Crippen molar-refractivity contribution >= 4 is 10.0 Å². The van der Waals surface area contributed by atoms with Crippen LogP contribution in [-0.2, 0) is 24.2 Å². The smallest absolute Gasteiger partial charge is 0.214 e. The third kappa shape index (κ3) is 4.14. The van der Waals surface area contributed by atoms with Gasteiger partial charge in [0.15, 0.2) is 0 Å². The van der Waals surface area contributed by atoms with Gasteiger partial charge in [-0.3, -0.25) is 0 Å². The minimum Gasteiger partial charge on any atom is -0.385 e. The summed E-state index contributed by atoms with van der Waals surface area (Å²) in [5, 5.41) is 0. The molecule has 2 fully saturated rings. The van der Waals surface area contributed by atoms with Crippen molar-refractivity contribution in [3.05, 3.63) is 0 Å². The van der Waals surface area contributed by atoms with Gasteiger partial charge in [-0.25, -0.2) is 8.42 Å². The highest BCUT2D eigenvalue weighted by atomic mass is 32.2. The maximum atomic E-state index is 12.4. The van der Waals surface area contributed by atoms with Gasteiger partial charge in [0, 0.05) is 33.4 Å². The first-order valence-corrected chi connectivity index (χ1v) is 8.87. The monoisotopic (exact) mass is 307 g/mol. The van der Waals surface area contributed by atoms with Gasteiger partial charge in [-0.05, 0) is 25.7 Å². The van der Waals surface area contributed by atoms with E-state index in [2.05, 4.69) is 0 Å². The Labute approximate surface area is 121 Å². The molecule has 2 aliphatic heterocycles. The molecule has 2 aliphatic rings. The summed E-state index contributed by atoms with van der Waals surface area (Å²) in [7, 11) is -1.57. The van der Waals surface area contributed by atoms with Crippen LogP contribution in [0.4, 0.5) is 0 Å². The molecule has 0 saturated carbocycles. The molecule has 0 bridgehead atoms. The molecule has 118 valence electrons. The maximum absolute atomic E-state index is 12.4. The third-order valence-electron chi connectivity index (χ3n) is 3.89. The van der Waals surface area contributed by atoms with E-state index in [0.717, 1.165) is 25.9 Å². The van der Waals surface area contributed by atoms with Crippen LogP contribution in [0.5, 0.6) is 0 Å². The van der Waals surface area contributed by atoms with Crippen molar-refractivity contribution in [1.82, 2.24) is 4.31 Å². The number of hydrogen-bond donors (Lipinski definition) is 0. The zero-order valence-electron chi connectivity index (χ0n) is 12.2. The summed E-state index contributed by atoms with van der Waals surface area (Å²) in [6.45, 7) is 3.20. The van der Waals surface area contributed by atoms with E-state index in [1.54, 1.807) is 11.4 Å². The summed E-state index contributed by atoms with van der Waals surface area (Å²) in [5.41, 5.74) is -0.421. The molecule has 1 spiro atoms. The normalized spacial score (nSPS) is 28.9. The van der Waals surface area contributed by atoms with Gasteiger partial charge in [-0.2, -0.15) is 4.31 Å². The van der Waals surface area contributed by atoms with Crippen molar-refractivity contribution in [3.63, 3.8) is 0 Å². The first kappa shape index (κ1) is 16.2. The molecule has 0 aromatic rings. The van der Waals surface area contributed by atoms with E-state index in [-0.39, 0.29) is 5.75 Å². The van der Waals surface area contributed by atoms with Crippen LogP contribution in [0.25, 0.3) is 0 Å². The largest absolute Gasteiger partial charge is 0.385 e. The zero-order valence-corrected chi connectivity index (χ0v) is 13.0. The second-order valence-electron chi connectivity index (χ2n) is 5.54. The fourth-order valence-corrected chi connectivity index (χ4v) is 4.38. The number of hydrogen-bond acceptors (Lipinski definition) is 5. The topological polar surface area (TPSA) is 65.1 Å². The summed E-state index contributed by atoms with van der Waals surface area (Å²) in [6.07, 6.45) is 3.22. The van der Waals surface area contributed by atoms with Crippen LogP contribution in [0.2, 0.25) is 0 Å². The van der Waals surface area contributed by atoms with Crippen molar-refractivity contribution in [2.45, 2.75) is 31.3 Å². The van der Waals surface area contributed by atoms with Crippen LogP contribution < -0.4 is 0 Å². The lowest BCUT2D eigenvalue weighted by molar-refractivity contribution is -0.155. The van der Waals surface area contributed by atoms with Crippen LogP contribution in [0.15, 0.2) is 0 Å². The van der Waals surface area contributed by atoms with Crippen molar-refractivity contribution in [3.8, 4) is 0 Å². The Morgan fingerprint density at radius 1 is 1.30 bits per heavy atom. The predicted octanol–water partition coefficient (Wildman–Crippen LogP) is 0.624. The van der Waals surface area contributed by atoms with Crippen molar-refractivity contribution in [2.75, 3.05) is 52.4 Å². The quantitative estimate of drug-likeness (QED) is 0.673. The Morgan fingerprint density at radius 3 is 2.85 bits per heavy atom. The Balaban J connectivity index is 1.90. The molecule has 2 saturated heterocycles. The number of ether oxygens (including phenoxy) is 3. The number of nitrogens with zero attached hydrogens (tertiary/aromatic N) is 1.